The van der Waals surface area contributed by atoms with Crippen LogP contribution in [-0.2, 0) is 14.4 Å². The van der Waals surface area contributed by atoms with Gasteiger partial charge in [-0.25, -0.2) is 0 Å². The van der Waals surface area contributed by atoms with Gasteiger partial charge in [-0.05, 0) is 17.7 Å². The summed E-state index contributed by atoms with van der Waals surface area (Å²) in [6, 6.07) is 9.27. The van der Waals surface area contributed by atoms with Crippen molar-refractivity contribution in [2.24, 2.45) is 0 Å². The number of esters is 3. The minimum atomic E-state index is -0.622. The third-order valence-electron chi connectivity index (χ3n) is 3.99. The lowest BCUT2D eigenvalue weighted by Crippen LogP contribution is -2.22. The Balaban J connectivity index is 1.94. The lowest BCUT2D eigenvalue weighted by molar-refractivity contribution is -0.133. The molecule has 2 aromatic rings. The minimum Gasteiger partial charge on any atom is -0.484 e. The van der Waals surface area contributed by atoms with Gasteiger partial charge in [0.2, 0.25) is 0 Å². The number of fused-ring (bicyclic) bond motifs is 1. The third kappa shape index (κ3) is 4.78. The first-order valence-corrected chi connectivity index (χ1v) is 8.76. The molecule has 1 aliphatic rings. The molecule has 8 heteroatoms. The molecule has 8 nitrogen and oxygen atoms in total. The van der Waals surface area contributed by atoms with Crippen molar-refractivity contribution in [3.63, 3.8) is 0 Å². The Hall–Kier alpha value is -3.68. The molecule has 0 N–H and O–H groups in total. The van der Waals surface area contributed by atoms with Crippen molar-refractivity contribution < 1.29 is 38.1 Å². The summed E-state index contributed by atoms with van der Waals surface area (Å²) in [5, 5.41) is 0. The van der Waals surface area contributed by atoms with Gasteiger partial charge < -0.3 is 18.9 Å². The molecule has 150 valence electrons. The van der Waals surface area contributed by atoms with Crippen LogP contribution in [0.3, 0.4) is 0 Å². The smallest absolute Gasteiger partial charge is 0.308 e. The van der Waals surface area contributed by atoms with E-state index in [2.05, 4.69) is 0 Å². The van der Waals surface area contributed by atoms with Gasteiger partial charge >= 0.3 is 17.9 Å². The van der Waals surface area contributed by atoms with Crippen molar-refractivity contribution >= 4 is 23.7 Å². The Labute approximate surface area is 166 Å². The number of hydrogen-bond donors (Lipinski definition) is 0. The Morgan fingerprint density at radius 2 is 1.45 bits per heavy atom. The molecule has 0 aromatic heterocycles. The van der Waals surface area contributed by atoms with Crippen LogP contribution < -0.4 is 18.9 Å². The first-order chi connectivity index (χ1) is 13.7. The lowest BCUT2D eigenvalue weighted by Gasteiger charge is -2.27. The second-order valence-corrected chi connectivity index (χ2v) is 6.38. The summed E-state index contributed by atoms with van der Waals surface area (Å²) in [5.41, 5.74) is 0.802. The lowest BCUT2D eigenvalue weighted by atomic mass is 9.95. The summed E-state index contributed by atoms with van der Waals surface area (Å²) < 4.78 is 21.1. The Morgan fingerprint density at radius 1 is 0.862 bits per heavy atom. The van der Waals surface area contributed by atoms with Crippen LogP contribution in [0.25, 0.3) is 0 Å². The van der Waals surface area contributed by atoms with Gasteiger partial charge in [-0.1, -0.05) is 12.1 Å². The van der Waals surface area contributed by atoms with Crippen molar-refractivity contribution in [3.05, 3.63) is 47.5 Å². The molecular formula is C21H18O8. The van der Waals surface area contributed by atoms with E-state index >= 15 is 0 Å². The average Bonchev–Trinajstić information content (AvgIpc) is 2.60. The van der Waals surface area contributed by atoms with E-state index in [-0.39, 0.29) is 35.0 Å². The van der Waals surface area contributed by atoms with Crippen LogP contribution in [0, 0.1) is 0 Å². The summed E-state index contributed by atoms with van der Waals surface area (Å²) >= 11 is 0. The summed E-state index contributed by atoms with van der Waals surface area (Å²) in [6.45, 7) is 3.73. The van der Waals surface area contributed by atoms with Crippen molar-refractivity contribution in [3.8, 4) is 23.0 Å². The zero-order chi connectivity index (χ0) is 21.1. The molecule has 2 aromatic carbocycles. The zero-order valence-electron chi connectivity index (χ0n) is 16.0. The number of benzene rings is 2. The standard InChI is InChI=1S/C21H18O8/c1-11(22)26-15-6-4-14(5-7-15)18-10-17(25)21-19(28-13(3)24)8-16(27-12(2)23)9-20(21)29-18/h4-9,18H,10H2,1-3H3. The van der Waals surface area contributed by atoms with Gasteiger partial charge in [-0.3, -0.25) is 19.2 Å². The summed E-state index contributed by atoms with van der Waals surface area (Å²) in [4.78, 5) is 46.5. The minimum absolute atomic E-state index is 0.0150. The second-order valence-electron chi connectivity index (χ2n) is 6.38. The van der Waals surface area contributed by atoms with Crippen molar-refractivity contribution in [1.29, 1.82) is 0 Å². The number of hydrogen-bond acceptors (Lipinski definition) is 8. The predicted octanol–water partition coefficient (Wildman–Crippen LogP) is 3.17. The summed E-state index contributed by atoms with van der Waals surface area (Å²) in [5.74, 6) is -1.34. The predicted molar refractivity (Wildman–Crippen MR) is 99.1 cm³/mol. The molecule has 1 unspecified atom stereocenters. The van der Waals surface area contributed by atoms with Crippen LogP contribution in [0.2, 0.25) is 0 Å². The monoisotopic (exact) mass is 398 g/mol. The van der Waals surface area contributed by atoms with Gasteiger partial charge in [0, 0.05) is 32.9 Å². The topological polar surface area (TPSA) is 105 Å². The Bertz CT molecular complexity index is 990. The van der Waals surface area contributed by atoms with Gasteiger partial charge in [-0.15, -0.1) is 0 Å². The molecular weight excluding hydrogens is 380 g/mol. The number of carbonyl (C=O) groups excluding carboxylic acids is 4. The van der Waals surface area contributed by atoms with E-state index in [0.29, 0.717) is 11.3 Å². The molecule has 0 bridgehead atoms. The molecule has 0 spiro atoms. The number of ether oxygens (including phenoxy) is 4. The van der Waals surface area contributed by atoms with E-state index in [1.807, 2.05) is 0 Å². The van der Waals surface area contributed by atoms with Gasteiger partial charge in [0.1, 0.15) is 34.7 Å². The van der Waals surface area contributed by atoms with Gasteiger partial charge in [0.25, 0.3) is 0 Å². The van der Waals surface area contributed by atoms with Gasteiger partial charge in [0.15, 0.2) is 5.78 Å². The first-order valence-electron chi connectivity index (χ1n) is 8.76. The third-order valence-corrected chi connectivity index (χ3v) is 3.99. The number of ketones is 1. The van der Waals surface area contributed by atoms with Crippen LogP contribution in [-0.4, -0.2) is 23.7 Å². The number of Topliss-reactive ketones (excluding diaryl/α,β-unsaturated/α-hetero) is 1. The fourth-order valence-corrected chi connectivity index (χ4v) is 2.96. The fraction of sp³-hybridized carbons (Fsp3) is 0.238. The molecule has 1 heterocycles. The van der Waals surface area contributed by atoms with E-state index in [1.165, 1.54) is 32.9 Å². The molecule has 0 amide bonds. The summed E-state index contributed by atoms with van der Waals surface area (Å²) in [6.07, 6.45) is -0.597. The molecule has 0 aliphatic carbocycles. The summed E-state index contributed by atoms with van der Waals surface area (Å²) in [7, 11) is 0. The molecule has 1 atom stereocenters. The van der Waals surface area contributed by atoms with Crippen LogP contribution in [0.4, 0.5) is 0 Å². The molecule has 3 rings (SSSR count). The second kappa shape index (κ2) is 8.14. The molecule has 0 radical (unpaired) electrons. The average molecular weight is 398 g/mol. The van der Waals surface area contributed by atoms with Gasteiger partial charge in [-0.2, -0.15) is 0 Å². The van der Waals surface area contributed by atoms with E-state index in [9.17, 15) is 19.2 Å². The zero-order valence-corrected chi connectivity index (χ0v) is 16.0. The Morgan fingerprint density at radius 3 is 2.03 bits per heavy atom. The highest BCUT2D eigenvalue weighted by atomic mass is 16.6. The van der Waals surface area contributed by atoms with E-state index in [0.717, 1.165) is 0 Å². The largest absolute Gasteiger partial charge is 0.484 e. The van der Waals surface area contributed by atoms with Crippen LogP contribution in [0.5, 0.6) is 23.0 Å². The van der Waals surface area contributed by atoms with Crippen molar-refractivity contribution in [2.75, 3.05) is 0 Å². The molecule has 0 saturated carbocycles. The van der Waals surface area contributed by atoms with E-state index < -0.39 is 24.0 Å². The molecule has 29 heavy (non-hydrogen) atoms. The highest BCUT2D eigenvalue weighted by molar-refractivity contribution is 6.03. The number of carbonyl (C=O) groups is 4. The van der Waals surface area contributed by atoms with Crippen molar-refractivity contribution in [1.82, 2.24) is 0 Å². The molecule has 0 saturated heterocycles. The molecule has 0 fully saturated rings. The Kier molecular flexibility index (Phi) is 5.63. The highest BCUT2D eigenvalue weighted by Crippen LogP contribution is 2.42. The van der Waals surface area contributed by atoms with Crippen LogP contribution in [0.1, 0.15) is 49.2 Å². The van der Waals surface area contributed by atoms with E-state index in [4.69, 9.17) is 18.9 Å². The maximum absolute atomic E-state index is 12.8. The normalized spacial score (nSPS) is 15.0. The maximum atomic E-state index is 12.8. The quantitative estimate of drug-likeness (QED) is 0.571. The van der Waals surface area contributed by atoms with Gasteiger partial charge in [0.05, 0.1) is 6.42 Å². The SMILES string of the molecule is CC(=O)Oc1ccc(C2CC(=O)c3c(OC(C)=O)cc(OC(C)=O)cc3O2)cc1. The van der Waals surface area contributed by atoms with Crippen molar-refractivity contribution in [2.45, 2.75) is 33.3 Å². The fourth-order valence-electron chi connectivity index (χ4n) is 2.96. The molecule has 1 aliphatic heterocycles. The van der Waals surface area contributed by atoms with E-state index in [1.54, 1.807) is 24.3 Å². The van der Waals surface area contributed by atoms with Crippen LogP contribution >= 0.6 is 0 Å². The maximum Gasteiger partial charge on any atom is 0.308 e. The highest BCUT2D eigenvalue weighted by Gasteiger charge is 2.32. The first kappa shape index (κ1) is 20.1. The van der Waals surface area contributed by atoms with Crippen LogP contribution in [0.15, 0.2) is 36.4 Å². The number of rotatable bonds is 4.